The molecule has 2 amide bonds. The van der Waals surface area contributed by atoms with Crippen molar-refractivity contribution >= 4 is 11.8 Å². The number of amides is 2. The predicted molar refractivity (Wildman–Crippen MR) is 64.6 cm³/mol. The zero-order valence-electron chi connectivity index (χ0n) is 10.1. The molecular formula is C13H15FN2O2. The minimum absolute atomic E-state index is 0.0200. The first kappa shape index (κ1) is 12.5. The minimum atomic E-state index is -0.564. The molecule has 1 aliphatic rings. The Morgan fingerprint density at radius 2 is 2.28 bits per heavy atom. The molecule has 1 unspecified atom stereocenters. The average molecular weight is 250 g/mol. The molecule has 0 aromatic heterocycles. The van der Waals surface area contributed by atoms with Crippen molar-refractivity contribution in [3.63, 3.8) is 0 Å². The highest BCUT2D eigenvalue weighted by molar-refractivity contribution is 5.98. The van der Waals surface area contributed by atoms with Crippen LogP contribution in [0.2, 0.25) is 0 Å². The number of carbonyl (C=O) groups is 2. The van der Waals surface area contributed by atoms with E-state index in [1.54, 1.807) is 19.1 Å². The zero-order chi connectivity index (χ0) is 13.1. The van der Waals surface area contributed by atoms with E-state index in [1.807, 2.05) is 0 Å². The Kier molecular flexibility index (Phi) is 3.60. The summed E-state index contributed by atoms with van der Waals surface area (Å²) in [5.41, 5.74) is 0.393. The van der Waals surface area contributed by atoms with Gasteiger partial charge in [0.15, 0.2) is 0 Å². The van der Waals surface area contributed by atoms with Crippen LogP contribution in [0.1, 0.15) is 28.8 Å². The maximum Gasteiger partial charge on any atom is 0.254 e. The van der Waals surface area contributed by atoms with Gasteiger partial charge in [0.25, 0.3) is 5.91 Å². The number of nitrogens with one attached hydrogen (secondary N) is 2. The van der Waals surface area contributed by atoms with E-state index in [0.717, 1.165) is 6.42 Å². The van der Waals surface area contributed by atoms with Gasteiger partial charge in [-0.2, -0.15) is 0 Å². The number of hydrogen-bond acceptors (Lipinski definition) is 2. The maximum atomic E-state index is 13.7. The van der Waals surface area contributed by atoms with Gasteiger partial charge in [0.05, 0.1) is 5.56 Å². The molecule has 5 heteroatoms. The summed E-state index contributed by atoms with van der Waals surface area (Å²) in [7, 11) is 0. The Labute approximate surface area is 105 Å². The summed E-state index contributed by atoms with van der Waals surface area (Å²) < 4.78 is 13.7. The van der Waals surface area contributed by atoms with Crippen molar-refractivity contribution in [2.24, 2.45) is 0 Å². The number of benzene rings is 1. The first-order valence-electron chi connectivity index (χ1n) is 5.93. The molecule has 18 heavy (non-hydrogen) atoms. The zero-order valence-corrected chi connectivity index (χ0v) is 10.1. The van der Waals surface area contributed by atoms with Crippen LogP contribution in [0.4, 0.5) is 4.39 Å². The Morgan fingerprint density at radius 1 is 1.50 bits per heavy atom. The van der Waals surface area contributed by atoms with Crippen LogP contribution in [0.15, 0.2) is 18.2 Å². The topological polar surface area (TPSA) is 58.2 Å². The normalized spacial score (nSPS) is 19.2. The summed E-state index contributed by atoms with van der Waals surface area (Å²) in [6.45, 7) is 2.23. The Hall–Kier alpha value is -1.91. The fourth-order valence-corrected chi connectivity index (χ4v) is 1.97. The molecule has 1 aromatic rings. The lowest BCUT2D eigenvalue weighted by Gasteiger charge is -2.22. The van der Waals surface area contributed by atoms with Gasteiger partial charge in [-0.15, -0.1) is 0 Å². The van der Waals surface area contributed by atoms with Gasteiger partial charge in [-0.3, -0.25) is 9.59 Å². The standard InChI is InChI=1S/C13H15FN2O2/c1-8-4-2-5-9(11(8)14)12(17)16-10-6-3-7-15-13(10)18/h2,4-5,10H,3,6-7H2,1H3,(H,15,18)(H,16,17). The highest BCUT2D eigenvalue weighted by atomic mass is 19.1. The second-order valence-electron chi connectivity index (χ2n) is 4.40. The Balaban J connectivity index is 2.12. The third kappa shape index (κ3) is 2.50. The molecule has 2 N–H and O–H groups in total. The smallest absolute Gasteiger partial charge is 0.254 e. The fraction of sp³-hybridized carbons (Fsp3) is 0.385. The highest BCUT2D eigenvalue weighted by Crippen LogP contribution is 2.12. The van der Waals surface area contributed by atoms with E-state index >= 15 is 0 Å². The molecule has 1 heterocycles. The SMILES string of the molecule is Cc1cccc(C(=O)NC2CCCNC2=O)c1F. The molecular weight excluding hydrogens is 235 g/mol. The summed E-state index contributed by atoms with van der Waals surface area (Å²) in [4.78, 5) is 23.4. The monoisotopic (exact) mass is 250 g/mol. The van der Waals surface area contributed by atoms with Crippen LogP contribution >= 0.6 is 0 Å². The fourth-order valence-electron chi connectivity index (χ4n) is 1.97. The molecule has 0 saturated carbocycles. The first-order valence-corrected chi connectivity index (χ1v) is 5.93. The Bertz CT molecular complexity index is 488. The lowest BCUT2D eigenvalue weighted by molar-refractivity contribution is -0.124. The van der Waals surface area contributed by atoms with E-state index in [2.05, 4.69) is 10.6 Å². The predicted octanol–water partition coefficient (Wildman–Crippen LogP) is 1.14. The van der Waals surface area contributed by atoms with E-state index < -0.39 is 17.8 Å². The van der Waals surface area contributed by atoms with Gasteiger partial charge in [0, 0.05) is 6.54 Å². The van der Waals surface area contributed by atoms with Crippen molar-refractivity contribution in [3.05, 3.63) is 35.1 Å². The molecule has 0 radical (unpaired) electrons. The minimum Gasteiger partial charge on any atom is -0.354 e. The maximum absolute atomic E-state index is 13.7. The lowest BCUT2D eigenvalue weighted by Crippen LogP contribution is -2.50. The third-order valence-corrected chi connectivity index (χ3v) is 3.03. The van der Waals surface area contributed by atoms with Crippen LogP contribution in [0.5, 0.6) is 0 Å². The van der Waals surface area contributed by atoms with Crippen molar-refractivity contribution in [2.45, 2.75) is 25.8 Å². The third-order valence-electron chi connectivity index (χ3n) is 3.03. The average Bonchev–Trinajstić information content (AvgIpc) is 2.35. The van der Waals surface area contributed by atoms with Crippen molar-refractivity contribution in [1.29, 1.82) is 0 Å². The van der Waals surface area contributed by atoms with Gasteiger partial charge < -0.3 is 10.6 Å². The van der Waals surface area contributed by atoms with Gasteiger partial charge in [-0.25, -0.2) is 4.39 Å². The second kappa shape index (κ2) is 5.16. The number of aryl methyl sites for hydroxylation is 1. The van der Waals surface area contributed by atoms with Gasteiger partial charge in [0.2, 0.25) is 5.91 Å². The molecule has 0 aliphatic carbocycles. The van der Waals surface area contributed by atoms with Gasteiger partial charge >= 0.3 is 0 Å². The number of hydrogen-bond donors (Lipinski definition) is 2. The highest BCUT2D eigenvalue weighted by Gasteiger charge is 2.25. The quantitative estimate of drug-likeness (QED) is 0.827. The van der Waals surface area contributed by atoms with Crippen LogP contribution < -0.4 is 10.6 Å². The molecule has 4 nitrogen and oxygen atoms in total. The summed E-state index contributed by atoms with van der Waals surface area (Å²) in [5, 5.41) is 5.23. The van der Waals surface area contributed by atoms with Crippen molar-refractivity contribution in [2.75, 3.05) is 6.54 Å². The van der Waals surface area contributed by atoms with Crippen LogP contribution in [0.25, 0.3) is 0 Å². The van der Waals surface area contributed by atoms with Crippen molar-refractivity contribution in [3.8, 4) is 0 Å². The second-order valence-corrected chi connectivity index (χ2v) is 4.40. The molecule has 0 spiro atoms. The summed E-state index contributed by atoms with van der Waals surface area (Å²) in [6.07, 6.45) is 1.40. The molecule has 96 valence electrons. The molecule has 1 fully saturated rings. The van der Waals surface area contributed by atoms with Crippen LogP contribution in [0, 0.1) is 12.7 Å². The summed E-state index contributed by atoms with van der Waals surface area (Å²) in [5.74, 6) is -1.29. The Morgan fingerprint density at radius 3 is 3.00 bits per heavy atom. The van der Waals surface area contributed by atoms with Crippen molar-refractivity contribution in [1.82, 2.24) is 10.6 Å². The van der Waals surface area contributed by atoms with E-state index in [1.165, 1.54) is 6.07 Å². The summed E-state index contributed by atoms with van der Waals surface area (Å²) >= 11 is 0. The molecule has 0 bridgehead atoms. The van der Waals surface area contributed by atoms with Gasteiger partial charge in [-0.1, -0.05) is 12.1 Å². The molecule has 1 saturated heterocycles. The number of piperidine rings is 1. The summed E-state index contributed by atoms with van der Waals surface area (Å²) in [6, 6.07) is 4.07. The van der Waals surface area contributed by atoms with Crippen LogP contribution in [0.3, 0.4) is 0 Å². The molecule has 1 atom stereocenters. The van der Waals surface area contributed by atoms with E-state index in [9.17, 15) is 14.0 Å². The molecule has 1 aromatic carbocycles. The molecule has 2 rings (SSSR count). The van der Waals surface area contributed by atoms with E-state index in [4.69, 9.17) is 0 Å². The molecule has 1 aliphatic heterocycles. The number of rotatable bonds is 2. The number of carbonyl (C=O) groups excluding carboxylic acids is 2. The van der Waals surface area contributed by atoms with Crippen LogP contribution in [-0.2, 0) is 4.79 Å². The largest absolute Gasteiger partial charge is 0.354 e. The van der Waals surface area contributed by atoms with E-state index in [0.29, 0.717) is 18.5 Å². The van der Waals surface area contributed by atoms with Crippen LogP contribution in [-0.4, -0.2) is 24.4 Å². The van der Waals surface area contributed by atoms with Gasteiger partial charge in [-0.05, 0) is 31.4 Å². The number of halogens is 1. The first-order chi connectivity index (χ1) is 8.59. The van der Waals surface area contributed by atoms with Crippen molar-refractivity contribution < 1.29 is 14.0 Å². The lowest BCUT2D eigenvalue weighted by atomic mass is 10.1. The van der Waals surface area contributed by atoms with E-state index in [-0.39, 0.29) is 11.5 Å². The van der Waals surface area contributed by atoms with Gasteiger partial charge in [0.1, 0.15) is 11.9 Å².